The van der Waals surface area contributed by atoms with Gasteiger partial charge in [-0.25, -0.2) is 24.1 Å². The summed E-state index contributed by atoms with van der Waals surface area (Å²) in [4.78, 5) is 24.0. The van der Waals surface area contributed by atoms with Gasteiger partial charge in [-0.15, -0.1) is 0 Å². The summed E-state index contributed by atoms with van der Waals surface area (Å²) >= 11 is 6.00. The lowest BCUT2D eigenvalue weighted by Gasteiger charge is -2.05. The Morgan fingerprint density at radius 2 is 2.18 bits per heavy atom. The molecule has 0 unspecified atom stereocenters. The number of fused-ring (bicyclic) bond motifs is 1. The van der Waals surface area contributed by atoms with Crippen LogP contribution in [0.3, 0.4) is 0 Å². The van der Waals surface area contributed by atoms with Gasteiger partial charge in [0.15, 0.2) is 5.82 Å². The van der Waals surface area contributed by atoms with Crippen molar-refractivity contribution in [3.05, 3.63) is 47.3 Å². The van der Waals surface area contributed by atoms with Crippen LogP contribution in [-0.2, 0) is 4.74 Å². The molecule has 8 heteroatoms. The molecular formula is C14H10ClFN4O2. The highest BCUT2D eigenvalue weighted by Crippen LogP contribution is 2.21. The van der Waals surface area contributed by atoms with Crippen LogP contribution in [0.1, 0.15) is 17.3 Å². The number of carbonyl (C=O) groups is 1. The largest absolute Gasteiger partial charge is 0.462 e. The van der Waals surface area contributed by atoms with Crippen molar-refractivity contribution in [1.29, 1.82) is 0 Å². The highest BCUT2D eigenvalue weighted by molar-refractivity contribution is 6.32. The minimum absolute atomic E-state index is 0.0326. The molecule has 3 heterocycles. The fraction of sp³-hybridized carbons (Fsp3) is 0.143. The zero-order chi connectivity index (χ0) is 15.7. The van der Waals surface area contributed by atoms with Crippen LogP contribution in [0.15, 0.2) is 30.7 Å². The Morgan fingerprint density at radius 3 is 2.91 bits per heavy atom. The average molecular weight is 321 g/mol. The smallest absolute Gasteiger partial charge is 0.342 e. The summed E-state index contributed by atoms with van der Waals surface area (Å²) in [6.45, 7) is 1.91. The van der Waals surface area contributed by atoms with Crippen LogP contribution < -0.4 is 0 Å². The summed E-state index contributed by atoms with van der Waals surface area (Å²) in [5.74, 6) is -0.777. The minimum Gasteiger partial charge on any atom is -0.462 e. The first-order valence-corrected chi connectivity index (χ1v) is 6.80. The molecule has 112 valence electrons. The lowest BCUT2D eigenvalue weighted by atomic mass is 10.3. The molecule has 0 spiro atoms. The van der Waals surface area contributed by atoms with Crippen LogP contribution in [0.25, 0.3) is 17.2 Å². The van der Waals surface area contributed by atoms with E-state index in [-0.39, 0.29) is 23.1 Å². The first-order chi connectivity index (χ1) is 10.6. The molecule has 22 heavy (non-hydrogen) atoms. The molecule has 3 aromatic heterocycles. The maximum absolute atomic E-state index is 13.4. The summed E-state index contributed by atoms with van der Waals surface area (Å²) in [5, 5.41) is -0.0326. The number of hydrogen-bond donors (Lipinski definition) is 0. The molecule has 6 nitrogen and oxygen atoms in total. The van der Waals surface area contributed by atoms with E-state index in [1.165, 1.54) is 35.1 Å². The van der Waals surface area contributed by atoms with Crippen molar-refractivity contribution >= 4 is 23.2 Å². The van der Waals surface area contributed by atoms with Crippen molar-refractivity contribution in [2.75, 3.05) is 6.61 Å². The van der Waals surface area contributed by atoms with E-state index in [0.29, 0.717) is 11.3 Å². The highest BCUT2D eigenvalue weighted by atomic mass is 35.5. The van der Waals surface area contributed by atoms with Crippen molar-refractivity contribution in [1.82, 2.24) is 19.4 Å². The minimum atomic E-state index is -0.594. The number of nitrogens with zero attached hydrogens (tertiary/aromatic N) is 4. The van der Waals surface area contributed by atoms with E-state index < -0.39 is 11.8 Å². The summed E-state index contributed by atoms with van der Waals surface area (Å²) < 4.78 is 19.7. The van der Waals surface area contributed by atoms with E-state index in [1.807, 2.05) is 0 Å². The molecule has 0 aliphatic rings. The second kappa shape index (κ2) is 5.69. The van der Waals surface area contributed by atoms with Gasteiger partial charge in [-0.3, -0.25) is 4.40 Å². The lowest BCUT2D eigenvalue weighted by molar-refractivity contribution is 0.0525. The van der Waals surface area contributed by atoms with Gasteiger partial charge in [0.1, 0.15) is 27.9 Å². The monoisotopic (exact) mass is 320 g/mol. The molecule has 0 bridgehead atoms. The first-order valence-electron chi connectivity index (χ1n) is 6.42. The number of halogens is 2. The lowest BCUT2D eigenvalue weighted by Crippen LogP contribution is -2.08. The maximum Gasteiger partial charge on any atom is 0.342 e. The fourth-order valence-corrected chi connectivity index (χ4v) is 2.16. The van der Waals surface area contributed by atoms with Crippen LogP contribution in [0.4, 0.5) is 4.39 Å². The molecule has 0 N–H and O–H groups in total. The molecule has 0 aliphatic carbocycles. The van der Waals surface area contributed by atoms with Gasteiger partial charge < -0.3 is 4.74 Å². The Kier molecular flexibility index (Phi) is 3.72. The number of aromatic nitrogens is 4. The van der Waals surface area contributed by atoms with Gasteiger partial charge in [0.25, 0.3) is 0 Å². The zero-order valence-corrected chi connectivity index (χ0v) is 12.2. The number of imidazole rings is 1. The molecule has 0 amide bonds. The van der Waals surface area contributed by atoms with Gasteiger partial charge in [0, 0.05) is 12.4 Å². The van der Waals surface area contributed by atoms with Crippen molar-refractivity contribution in [2.24, 2.45) is 0 Å². The third-order valence-electron chi connectivity index (χ3n) is 2.94. The van der Waals surface area contributed by atoms with Crippen molar-refractivity contribution in [3.8, 4) is 11.5 Å². The van der Waals surface area contributed by atoms with E-state index in [0.717, 1.165) is 0 Å². The van der Waals surface area contributed by atoms with Gasteiger partial charge in [0.2, 0.25) is 0 Å². The molecule has 0 fully saturated rings. The van der Waals surface area contributed by atoms with Gasteiger partial charge in [0.05, 0.1) is 12.8 Å². The number of pyridine rings is 1. The molecule has 0 saturated carbocycles. The summed E-state index contributed by atoms with van der Waals surface area (Å²) in [5.41, 5.74) is 1.09. The Labute approximate surface area is 129 Å². The standard InChI is InChI=1S/C14H10ClFN4O2/c1-2-22-14(21)9-5-18-13(19-12(9)15)10-6-17-11-4-3-8(16)7-20(10)11/h3-7H,2H2,1H3. The van der Waals surface area contributed by atoms with E-state index in [4.69, 9.17) is 16.3 Å². The fourth-order valence-electron chi connectivity index (χ4n) is 1.95. The van der Waals surface area contributed by atoms with Gasteiger partial charge in [-0.2, -0.15) is 0 Å². The predicted octanol–water partition coefficient (Wildman–Crippen LogP) is 2.76. The zero-order valence-electron chi connectivity index (χ0n) is 11.5. The van der Waals surface area contributed by atoms with Crippen LogP contribution in [-0.4, -0.2) is 31.9 Å². The van der Waals surface area contributed by atoms with Crippen molar-refractivity contribution in [3.63, 3.8) is 0 Å². The van der Waals surface area contributed by atoms with Crippen LogP contribution in [0, 0.1) is 5.82 Å². The molecule has 0 aliphatic heterocycles. The SMILES string of the molecule is CCOC(=O)c1cnc(-c2cnc3ccc(F)cn23)nc1Cl. The van der Waals surface area contributed by atoms with E-state index in [9.17, 15) is 9.18 Å². The number of carbonyl (C=O) groups excluding carboxylic acids is 1. The quantitative estimate of drug-likeness (QED) is 0.548. The Morgan fingerprint density at radius 1 is 1.36 bits per heavy atom. The van der Waals surface area contributed by atoms with Crippen LogP contribution >= 0.6 is 11.6 Å². The molecule has 0 radical (unpaired) electrons. The van der Waals surface area contributed by atoms with Gasteiger partial charge >= 0.3 is 5.97 Å². The maximum atomic E-state index is 13.4. The molecule has 3 rings (SSSR count). The normalized spacial score (nSPS) is 10.9. The first kappa shape index (κ1) is 14.4. The molecular weight excluding hydrogens is 311 g/mol. The molecule has 0 saturated heterocycles. The molecule has 0 aromatic carbocycles. The summed E-state index contributed by atoms with van der Waals surface area (Å²) in [6, 6.07) is 2.84. The predicted molar refractivity (Wildman–Crippen MR) is 77.1 cm³/mol. The average Bonchev–Trinajstić information content (AvgIpc) is 2.90. The van der Waals surface area contributed by atoms with Crippen LogP contribution in [0.2, 0.25) is 5.15 Å². The Bertz CT molecular complexity index is 865. The Balaban J connectivity index is 2.06. The van der Waals surface area contributed by atoms with Gasteiger partial charge in [-0.1, -0.05) is 11.6 Å². The van der Waals surface area contributed by atoms with Crippen LogP contribution in [0.5, 0.6) is 0 Å². The van der Waals surface area contributed by atoms with Crippen molar-refractivity contribution < 1.29 is 13.9 Å². The highest BCUT2D eigenvalue weighted by Gasteiger charge is 2.16. The number of ether oxygens (including phenoxy) is 1. The van der Waals surface area contributed by atoms with Crippen molar-refractivity contribution in [2.45, 2.75) is 6.92 Å². The second-order valence-electron chi connectivity index (χ2n) is 4.34. The topological polar surface area (TPSA) is 69.4 Å². The molecule has 3 aromatic rings. The Hall–Kier alpha value is -2.54. The number of rotatable bonds is 3. The van der Waals surface area contributed by atoms with E-state index in [1.54, 1.807) is 6.92 Å². The summed E-state index contributed by atoms with van der Waals surface area (Å²) in [6.07, 6.45) is 4.06. The molecule has 0 atom stereocenters. The van der Waals surface area contributed by atoms with E-state index in [2.05, 4.69) is 15.0 Å². The number of hydrogen-bond acceptors (Lipinski definition) is 5. The van der Waals surface area contributed by atoms with Gasteiger partial charge in [-0.05, 0) is 19.1 Å². The number of esters is 1. The summed E-state index contributed by atoms with van der Waals surface area (Å²) in [7, 11) is 0. The third-order valence-corrected chi connectivity index (χ3v) is 3.22. The second-order valence-corrected chi connectivity index (χ2v) is 4.70. The van der Waals surface area contributed by atoms with E-state index >= 15 is 0 Å². The third kappa shape index (κ3) is 2.50.